The lowest BCUT2D eigenvalue weighted by Gasteiger charge is -2.24. The Kier molecular flexibility index (Phi) is 5.99. The predicted molar refractivity (Wildman–Crippen MR) is 90.0 cm³/mol. The van der Waals surface area contributed by atoms with Crippen LogP contribution in [0.2, 0.25) is 0 Å². The lowest BCUT2D eigenvalue weighted by Crippen LogP contribution is -2.30. The van der Waals surface area contributed by atoms with Crippen LogP contribution in [0.25, 0.3) is 0 Å². The molecule has 3 atom stereocenters. The average Bonchev–Trinajstić information content (AvgIpc) is 2.55. The van der Waals surface area contributed by atoms with Crippen molar-refractivity contribution in [2.24, 2.45) is 0 Å². The Morgan fingerprint density at radius 2 is 1.64 bits per heavy atom. The van der Waals surface area contributed by atoms with Crippen molar-refractivity contribution in [2.45, 2.75) is 38.5 Å². The minimum absolute atomic E-state index is 0.161. The maximum Gasteiger partial charge on any atom is 0.123 e. The Balaban J connectivity index is 1.95. The molecule has 0 bridgehead atoms. The molecule has 0 saturated carbocycles. The molecule has 0 saturated heterocycles. The summed E-state index contributed by atoms with van der Waals surface area (Å²) in [6.45, 7) is 4.21. The van der Waals surface area contributed by atoms with Gasteiger partial charge in [0.05, 0.1) is 13.2 Å². The molecule has 2 rings (SSSR count). The van der Waals surface area contributed by atoms with E-state index < -0.39 is 6.10 Å². The van der Waals surface area contributed by atoms with Crippen LogP contribution in [-0.4, -0.2) is 18.3 Å². The zero-order valence-corrected chi connectivity index (χ0v) is 13.5. The van der Waals surface area contributed by atoms with E-state index in [1.807, 2.05) is 48.5 Å². The minimum atomic E-state index is -0.450. The van der Waals surface area contributed by atoms with Gasteiger partial charge >= 0.3 is 0 Å². The Morgan fingerprint density at radius 1 is 1.00 bits per heavy atom. The molecule has 0 heterocycles. The van der Waals surface area contributed by atoms with Crippen LogP contribution in [0.5, 0.6) is 5.75 Å². The van der Waals surface area contributed by atoms with Gasteiger partial charge in [-0.25, -0.2) is 0 Å². The fourth-order valence-electron chi connectivity index (χ4n) is 2.75. The van der Waals surface area contributed by atoms with Gasteiger partial charge in [-0.05, 0) is 31.9 Å². The fraction of sp³-hybridized carbons (Fsp3) is 0.368. The minimum Gasteiger partial charge on any atom is -0.496 e. The van der Waals surface area contributed by atoms with Crippen LogP contribution in [0.1, 0.15) is 43.5 Å². The number of aliphatic hydroxyl groups excluding tert-OH is 1. The molecule has 0 radical (unpaired) electrons. The number of hydrogen-bond donors (Lipinski definition) is 2. The molecule has 2 N–H and O–H groups in total. The molecule has 3 unspecified atom stereocenters. The molecule has 0 aliphatic carbocycles. The Labute approximate surface area is 133 Å². The normalized spacial score (nSPS) is 15.1. The first-order valence-corrected chi connectivity index (χ1v) is 7.73. The summed E-state index contributed by atoms with van der Waals surface area (Å²) in [6.07, 6.45) is 0.220. The topological polar surface area (TPSA) is 41.5 Å². The Hall–Kier alpha value is -1.84. The summed E-state index contributed by atoms with van der Waals surface area (Å²) in [4.78, 5) is 0. The van der Waals surface area contributed by atoms with Crippen molar-refractivity contribution in [1.29, 1.82) is 0 Å². The van der Waals surface area contributed by atoms with Gasteiger partial charge in [0.25, 0.3) is 0 Å². The first-order chi connectivity index (χ1) is 10.6. The van der Waals surface area contributed by atoms with Gasteiger partial charge in [0.2, 0.25) is 0 Å². The number of ether oxygens (including phenoxy) is 1. The summed E-state index contributed by atoms with van der Waals surface area (Å²) in [7, 11) is 1.69. The van der Waals surface area contributed by atoms with Gasteiger partial charge < -0.3 is 15.2 Å². The van der Waals surface area contributed by atoms with Crippen LogP contribution in [-0.2, 0) is 0 Å². The Morgan fingerprint density at radius 3 is 2.32 bits per heavy atom. The zero-order chi connectivity index (χ0) is 15.9. The van der Waals surface area contributed by atoms with E-state index in [1.165, 1.54) is 0 Å². The van der Waals surface area contributed by atoms with Crippen molar-refractivity contribution in [1.82, 2.24) is 5.32 Å². The largest absolute Gasteiger partial charge is 0.496 e. The molecule has 2 aromatic rings. The molecular formula is C19H25NO2. The number of nitrogens with one attached hydrogen (secondary N) is 1. The number of aliphatic hydroxyl groups is 1. The molecule has 0 fully saturated rings. The quantitative estimate of drug-likeness (QED) is 0.816. The van der Waals surface area contributed by atoms with Gasteiger partial charge in [-0.1, -0.05) is 48.5 Å². The van der Waals surface area contributed by atoms with Gasteiger partial charge in [0, 0.05) is 17.6 Å². The summed E-state index contributed by atoms with van der Waals surface area (Å²) >= 11 is 0. The van der Waals surface area contributed by atoms with Gasteiger partial charge in [0.1, 0.15) is 5.75 Å². The monoisotopic (exact) mass is 299 g/mol. The molecular weight excluding hydrogens is 274 g/mol. The third-order valence-corrected chi connectivity index (χ3v) is 3.90. The van der Waals surface area contributed by atoms with Crippen LogP contribution in [0.3, 0.4) is 0 Å². The molecule has 3 nitrogen and oxygen atoms in total. The van der Waals surface area contributed by atoms with Crippen molar-refractivity contribution >= 4 is 0 Å². The van der Waals surface area contributed by atoms with E-state index in [2.05, 4.69) is 25.2 Å². The smallest absolute Gasteiger partial charge is 0.123 e. The van der Waals surface area contributed by atoms with E-state index >= 15 is 0 Å². The molecule has 3 heteroatoms. The van der Waals surface area contributed by atoms with Crippen molar-refractivity contribution < 1.29 is 9.84 Å². The van der Waals surface area contributed by atoms with Gasteiger partial charge in [-0.15, -0.1) is 0 Å². The molecule has 0 aliphatic heterocycles. The highest BCUT2D eigenvalue weighted by molar-refractivity contribution is 5.35. The summed E-state index contributed by atoms with van der Waals surface area (Å²) < 4.78 is 5.41. The van der Waals surface area contributed by atoms with E-state index in [9.17, 15) is 5.11 Å². The van der Waals surface area contributed by atoms with Crippen LogP contribution in [0.4, 0.5) is 0 Å². The molecule has 118 valence electrons. The predicted octanol–water partition coefficient (Wildman–Crippen LogP) is 3.86. The Bertz CT molecular complexity index is 571. The van der Waals surface area contributed by atoms with Gasteiger partial charge in [-0.2, -0.15) is 0 Å². The highest BCUT2D eigenvalue weighted by Gasteiger charge is 2.16. The molecule has 22 heavy (non-hydrogen) atoms. The highest BCUT2D eigenvalue weighted by atomic mass is 16.5. The van der Waals surface area contributed by atoms with E-state index in [-0.39, 0.29) is 12.1 Å². The maximum absolute atomic E-state index is 10.3. The summed E-state index contributed by atoms with van der Waals surface area (Å²) in [5.74, 6) is 0.887. The van der Waals surface area contributed by atoms with Crippen LogP contribution < -0.4 is 10.1 Å². The van der Waals surface area contributed by atoms with Crippen LogP contribution in [0.15, 0.2) is 54.6 Å². The standard InChI is InChI=1S/C19H25NO2/c1-14(13-18(21)16-9-5-4-6-10-16)20-15(2)17-11-7-8-12-19(17)22-3/h4-12,14-15,18,20-21H,13H2,1-3H3. The van der Waals surface area contributed by atoms with Crippen molar-refractivity contribution in [3.05, 3.63) is 65.7 Å². The van der Waals surface area contributed by atoms with E-state index in [1.54, 1.807) is 7.11 Å². The number of rotatable bonds is 7. The second kappa shape index (κ2) is 7.97. The van der Waals surface area contributed by atoms with Crippen LogP contribution in [0, 0.1) is 0 Å². The van der Waals surface area contributed by atoms with E-state index in [0.29, 0.717) is 6.42 Å². The van der Waals surface area contributed by atoms with Crippen molar-refractivity contribution in [3.63, 3.8) is 0 Å². The zero-order valence-electron chi connectivity index (χ0n) is 13.5. The average molecular weight is 299 g/mol. The second-order valence-electron chi connectivity index (χ2n) is 5.69. The first-order valence-electron chi connectivity index (χ1n) is 7.73. The molecule has 0 aromatic heterocycles. The molecule has 0 spiro atoms. The lowest BCUT2D eigenvalue weighted by atomic mass is 10.0. The van der Waals surface area contributed by atoms with E-state index in [4.69, 9.17) is 4.74 Å². The number of hydrogen-bond acceptors (Lipinski definition) is 3. The lowest BCUT2D eigenvalue weighted by molar-refractivity contribution is 0.152. The third kappa shape index (κ3) is 4.33. The molecule has 0 aliphatic rings. The van der Waals surface area contributed by atoms with Crippen molar-refractivity contribution in [2.75, 3.05) is 7.11 Å². The van der Waals surface area contributed by atoms with Gasteiger partial charge in [-0.3, -0.25) is 0 Å². The summed E-state index contributed by atoms with van der Waals surface area (Å²) in [5, 5.41) is 13.8. The summed E-state index contributed by atoms with van der Waals surface area (Å²) in [6, 6.07) is 18.2. The van der Waals surface area contributed by atoms with Crippen molar-refractivity contribution in [3.8, 4) is 5.75 Å². The SMILES string of the molecule is COc1ccccc1C(C)NC(C)CC(O)c1ccccc1. The first kappa shape index (κ1) is 16.5. The maximum atomic E-state index is 10.3. The fourth-order valence-corrected chi connectivity index (χ4v) is 2.75. The molecule has 2 aromatic carbocycles. The number of benzene rings is 2. The second-order valence-corrected chi connectivity index (χ2v) is 5.69. The summed E-state index contributed by atoms with van der Waals surface area (Å²) in [5.41, 5.74) is 2.09. The van der Waals surface area contributed by atoms with Crippen LogP contribution >= 0.6 is 0 Å². The molecule has 0 amide bonds. The highest BCUT2D eigenvalue weighted by Crippen LogP contribution is 2.26. The third-order valence-electron chi connectivity index (χ3n) is 3.90. The van der Waals surface area contributed by atoms with Gasteiger partial charge in [0.15, 0.2) is 0 Å². The number of methoxy groups -OCH3 is 1. The number of para-hydroxylation sites is 1. The van der Waals surface area contributed by atoms with E-state index in [0.717, 1.165) is 16.9 Å².